The second-order valence-corrected chi connectivity index (χ2v) is 5.64. The van der Waals surface area contributed by atoms with E-state index in [2.05, 4.69) is 15.6 Å². The largest absolute Gasteiger partial charge is 0.431 e. The van der Waals surface area contributed by atoms with Crippen LogP contribution < -0.4 is 10.6 Å². The number of hydrogen-bond acceptors (Lipinski definition) is 3. The van der Waals surface area contributed by atoms with Crippen molar-refractivity contribution in [3.05, 3.63) is 65.4 Å². The van der Waals surface area contributed by atoms with Crippen LogP contribution in [0.2, 0.25) is 5.02 Å². The quantitative estimate of drug-likeness (QED) is 0.615. The number of nitrogens with zero attached hydrogens (tertiary/aromatic N) is 1. The van der Waals surface area contributed by atoms with Gasteiger partial charge in [-0.15, -0.1) is 0 Å². The van der Waals surface area contributed by atoms with E-state index in [1.165, 1.54) is 18.4 Å². The topological polar surface area (TPSA) is 67.2 Å². The number of nitrogens with one attached hydrogen (secondary N) is 2. The van der Waals surface area contributed by atoms with E-state index in [-0.39, 0.29) is 11.7 Å². The van der Waals surface area contributed by atoms with Gasteiger partial charge in [0.15, 0.2) is 0 Å². The molecule has 134 valence electrons. The zero-order valence-corrected chi connectivity index (χ0v) is 13.7. The van der Waals surface area contributed by atoms with Gasteiger partial charge in [0.25, 0.3) is 0 Å². The van der Waals surface area contributed by atoms with Crippen LogP contribution in [0.5, 0.6) is 0 Å². The number of halogens is 4. The van der Waals surface area contributed by atoms with Gasteiger partial charge >= 0.3 is 18.2 Å². The Morgan fingerprint density at radius 3 is 2.50 bits per heavy atom. The molecule has 3 aromatic rings. The van der Waals surface area contributed by atoms with Gasteiger partial charge in [0.1, 0.15) is 12.0 Å². The molecule has 5 nitrogen and oxygen atoms in total. The number of anilines is 2. The molecule has 3 rings (SSSR count). The van der Waals surface area contributed by atoms with E-state index in [4.69, 9.17) is 16.0 Å². The molecule has 0 aliphatic heterocycles. The lowest BCUT2D eigenvalue weighted by Crippen LogP contribution is -2.20. The minimum absolute atomic E-state index is 0.0122. The fourth-order valence-corrected chi connectivity index (χ4v) is 2.24. The van der Waals surface area contributed by atoms with E-state index < -0.39 is 17.8 Å². The molecule has 26 heavy (non-hydrogen) atoms. The van der Waals surface area contributed by atoms with Crippen molar-refractivity contribution in [2.75, 3.05) is 10.6 Å². The molecular formula is C17H11ClF3N3O2. The summed E-state index contributed by atoms with van der Waals surface area (Å²) in [4.78, 5) is 16.0. The molecule has 0 bridgehead atoms. The van der Waals surface area contributed by atoms with Crippen LogP contribution in [0.3, 0.4) is 0 Å². The maximum atomic E-state index is 12.7. The third-order valence-electron chi connectivity index (χ3n) is 3.31. The number of amides is 2. The number of aromatic nitrogens is 1. The highest BCUT2D eigenvalue weighted by Gasteiger charge is 2.30. The number of carbonyl (C=O) groups excluding carboxylic acids is 1. The van der Waals surface area contributed by atoms with Crippen LogP contribution in [-0.2, 0) is 6.18 Å². The summed E-state index contributed by atoms with van der Waals surface area (Å²) >= 11 is 5.81. The third kappa shape index (κ3) is 4.34. The first-order chi connectivity index (χ1) is 12.3. The fourth-order valence-electron chi connectivity index (χ4n) is 2.12. The Hall–Kier alpha value is -3.00. The van der Waals surface area contributed by atoms with Crippen LogP contribution in [0.25, 0.3) is 11.3 Å². The molecule has 0 unspecified atom stereocenters. The highest BCUT2D eigenvalue weighted by Crippen LogP contribution is 2.30. The molecule has 2 amide bonds. The van der Waals surface area contributed by atoms with Crippen LogP contribution in [0.4, 0.5) is 29.7 Å². The Labute approximate surface area is 150 Å². The fraction of sp³-hybridized carbons (Fsp3) is 0.0588. The van der Waals surface area contributed by atoms with Gasteiger partial charge in [-0.2, -0.15) is 18.2 Å². The van der Waals surface area contributed by atoms with Crippen molar-refractivity contribution in [1.29, 1.82) is 0 Å². The van der Waals surface area contributed by atoms with Crippen LogP contribution in [0, 0.1) is 0 Å². The molecule has 0 saturated heterocycles. The standard InChI is InChI=1S/C17H11ClF3N3O2/c18-12-6-4-10(5-7-12)14-9-26-16(23-14)24-15(25)22-13-3-1-2-11(8-13)17(19,20)21/h1-9H,(H2,22,23,24,25). The van der Waals surface area contributed by atoms with Gasteiger partial charge in [-0.1, -0.05) is 29.8 Å². The van der Waals surface area contributed by atoms with Gasteiger partial charge in [0, 0.05) is 16.3 Å². The molecule has 0 saturated carbocycles. The zero-order chi connectivity index (χ0) is 18.7. The molecule has 0 atom stereocenters. The predicted octanol–water partition coefficient (Wildman–Crippen LogP) is 5.66. The molecule has 9 heteroatoms. The zero-order valence-electron chi connectivity index (χ0n) is 13.0. The first-order valence-electron chi connectivity index (χ1n) is 7.28. The highest BCUT2D eigenvalue weighted by molar-refractivity contribution is 6.30. The first-order valence-corrected chi connectivity index (χ1v) is 7.66. The Kier molecular flexibility index (Phi) is 4.85. The number of benzene rings is 2. The lowest BCUT2D eigenvalue weighted by molar-refractivity contribution is -0.137. The highest BCUT2D eigenvalue weighted by atomic mass is 35.5. The summed E-state index contributed by atoms with van der Waals surface area (Å²) in [6.45, 7) is 0. The molecular weight excluding hydrogens is 371 g/mol. The maximum absolute atomic E-state index is 12.7. The van der Waals surface area contributed by atoms with Crippen molar-refractivity contribution in [3.8, 4) is 11.3 Å². The summed E-state index contributed by atoms with van der Waals surface area (Å²) in [5.41, 5.74) is 0.318. The van der Waals surface area contributed by atoms with Gasteiger partial charge in [-0.05, 0) is 30.3 Å². The number of oxazole rings is 1. The van der Waals surface area contributed by atoms with E-state index in [1.54, 1.807) is 24.3 Å². The average molecular weight is 382 g/mol. The lowest BCUT2D eigenvalue weighted by atomic mass is 10.2. The molecule has 0 aliphatic rings. The van der Waals surface area contributed by atoms with Crippen molar-refractivity contribution in [2.45, 2.75) is 6.18 Å². The van der Waals surface area contributed by atoms with Crippen LogP contribution in [0.1, 0.15) is 5.56 Å². The third-order valence-corrected chi connectivity index (χ3v) is 3.56. The lowest BCUT2D eigenvalue weighted by Gasteiger charge is -2.09. The second kappa shape index (κ2) is 7.09. The molecule has 0 spiro atoms. The van der Waals surface area contributed by atoms with Crippen molar-refractivity contribution in [2.24, 2.45) is 0 Å². The van der Waals surface area contributed by atoms with Crippen LogP contribution in [0.15, 0.2) is 59.2 Å². The predicted molar refractivity (Wildman–Crippen MR) is 91.0 cm³/mol. The summed E-state index contributed by atoms with van der Waals surface area (Å²) < 4.78 is 43.2. The van der Waals surface area contributed by atoms with E-state index in [0.29, 0.717) is 10.7 Å². The van der Waals surface area contributed by atoms with Crippen LogP contribution in [-0.4, -0.2) is 11.0 Å². The molecule has 0 aliphatic carbocycles. The van der Waals surface area contributed by atoms with Crippen molar-refractivity contribution < 1.29 is 22.4 Å². The van der Waals surface area contributed by atoms with Gasteiger partial charge in [-0.3, -0.25) is 5.32 Å². The molecule has 2 aromatic carbocycles. The Balaban J connectivity index is 1.67. The van der Waals surface area contributed by atoms with E-state index in [9.17, 15) is 18.0 Å². The maximum Gasteiger partial charge on any atom is 0.416 e. The molecule has 0 radical (unpaired) electrons. The van der Waals surface area contributed by atoms with Gasteiger partial charge in [0.2, 0.25) is 0 Å². The summed E-state index contributed by atoms with van der Waals surface area (Å²) in [7, 11) is 0. The van der Waals surface area contributed by atoms with Gasteiger partial charge in [-0.25, -0.2) is 4.79 Å². The summed E-state index contributed by atoms with van der Waals surface area (Å²) in [6.07, 6.45) is -3.16. The van der Waals surface area contributed by atoms with E-state index >= 15 is 0 Å². The monoisotopic (exact) mass is 381 g/mol. The molecule has 2 N–H and O–H groups in total. The normalized spacial score (nSPS) is 11.2. The van der Waals surface area contributed by atoms with Crippen molar-refractivity contribution in [3.63, 3.8) is 0 Å². The van der Waals surface area contributed by atoms with Crippen molar-refractivity contribution in [1.82, 2.24) is 4.98 Å². The molecule has 1 heterocycles. The van der Waals surface area contributed by atoms with Gasteiger partial charge < -0.3 is 9.73 Å². The SMILES string of the molecule is O=C(Nc1cccc(C(F)(F)F)c1)Nc1nc(-c2ccc(Cl)cc2)co1. The Morgan fingerprint density at radius 1 is 1.08 bits per heavy atom. The van der Waals surface area contributed by atoms with Crippen LogP contribution >= 0.6 is 11.6 Å². The smallest absolute Gasteiger partial charge is 0.416 e. The van der Waals surface area contributed by atoms with E-state index in [0.717, 1.165) is 17.7 Å². The minimum atomic E-state index is -4.50. The number of rotatable bonds is 3. The summed E-state index contributed by atoms with van der Waals surface area (Å²) in [6, 6.07) is 10.2. The summed E-state index contributed by atoms with van der Waals surface area (Å²) in [5.74, 6) is 0. The number of hydrogen-bond donors (Lipinski definition) is 2. The number of urea groups is 1. The minimum Gasteiger partial charge on any atom is -0.431 e. The number of alkyl halides is 3. The first kappa shape index (κ1) is 17.8. The summed E-state index contributed by atoms with van der Waals surface area (Å²) in [5, 5.41) is 5.17. The second-order valence-electron chi connectivity index (χ2n) is 5.20. The van der Waals surface area contributed by atoms with Gasteiger partial charge in [0.05, 0.1) is 5.56 Å². The Morgan fingerprint density at radius 2 is 1.81 bits per heavy atom. The number of carbonyl (C=O) groups is 1. The molecule has 1 aromatic heterocycles. The van der Waals surface area contributed by atoms with E-state index in [1.807, 2.05) is 0 Å². The van der Waals surface area contributed by atoms with Crippen molar-refractivity contribution >= 4 is 29.3 Å². The average Bonchev–Trinajstić information content (AvgIpc) is 3.03. The molecule has 0 fully saturated rings. The Bertz CT molecular complexity index is 924.